The van der Waals surface area contributed by atoms with Crippen molar-refractivity contribution in [1.82, 2.24) is 0 Å². The first-order valence-corrected chi connectivity index (χ1v) is 11.0. The van der Waals surface area contributed by atoms with Crippen LogP contribution in [0.15, 0.2) is 76.2 Å². The van der Waals surface area contributed by atoms with Crippen molar-refractivity contribution in [1.29, 1.82) is 0 Å². The van der Waals surface area contributed by atoms with Gasteiger partial charge in [0.25, 0.3) is 0 Å². The summed E-state index contributed by atoms with van der Waals surface area (Å²) in [6.45, 7) is 3.88. The van der Waals surface area contributed by atoms with Crippen molar-refractivity contribution in [2.45, 2.75) is 6.61 Å². The molecule has 0 spiro atoms. The molecule has 154 valence electrons. The van der Waals surface area contributed by atoms with Gasteiger partial charge in [0, 0.05) is 40.1 Å². The lowest BCUT2D eigenvalue weighted by molar-refractivity contribution is 0.122. The van der Waals surface area contributed by atoms with Crippen LogP contribution in [0.4, 0.5) is 11.4 Å². The molecule has 1 aliphatic rings. The minimum absolute atomic E-state index is 0.466. The summed E-state index contributed by atoms with van der Waals surface area (Å²) in [6, 6.07) is 21.9. The highest BCUT2D eigenvalue weighted by Crippen LogP contribution is 2.25. The Hall–Kier alpha value is -2.34. The van der Waals surface area contributed by atoms with Crippen molar-refractivity contribution in [3.05, 3.63) is 87.4 Å². The van der Waals surface area contributed by atoms with Gasteiger partial charge in [0.05, 0.1) is 18.9 Å². The molecule has 0 aliphatic carbocycles. The molecule has 1 heterocycles. The Morgan fingerprint density at radius 2 is 1.73 bits per heavy atom. The Labute approximate surface area is 190 Å². The largest absolute Gasteiger partial charge is 0.488 e. The normalized spacial score (nSPS) is 14.3. The summed E-state index contributed by atoms with van der Waals surface area (Å²) in [5.41, 5.74) is 4.07. The second kappa shape index (κ2) is 10.1. The molecule has 30 heavy (non-hydrogen) atoms. The van der Waals surface area contributed by atoms with Crippen LogP contribution >= 0.6 is 27.5 Å². The van der Waals surface area contributed by atoms with E-state index in [-0.39, 0.29) is 0 Å². The molecule has 1 aliphatic heterocycles. The van der Waals surface area contributed by atoms with Gasteiger partial charge in [0.2, 0.25) is 0 Å². The number of nitrogens with zero attached hydrogens (tertiary/aromatic N) is 2. The first-order valence-electron chi connectivity index (χ1n) is 9.81. The van der Waals surface area contributed by atoms with Crippen LogP contribution in [0, 0.1) is 0 Å². The second-order valence-electron chi connectivity index (χ2n) is 6.97. The molecule has 0 bridgehead atoms. The first kappa shape index (κ1) is 20.9. The molecule has 0 unspecified atom stereocenters. The van der Waals surface area contributed by atoms with Gasteiger partial charge in [-0.2, -0.15) is 0 Å². The molecule has 0 aromatic heterocycles. The van der Waals surface area contributed by atoms with Gasteiger partial charge in [-0.15, -0.1) is 0 Å². The van der Waals surface area contributed by atoms with E-state index in [1.807, 2.05) is 60.8 Å². The summed E-state index contributed by atoms with van der Waals surface area (Å²) >= 11 is 9.49. The van der Waals surface area contributed by atoms with Gasteiger partial charge in [0.1, 0.15) is 12.4 Å². The summed E-state index contributed by atoms with van der Waals surface area (Å²) in [5, 5.41) is 0.717. The van der Waals surface area contributed by atoms with Crippen molar-refractivity contribution in [3.63, 3.8) is 0 Å². The van der Waals surface area contributed by atoms with Gasteiger partial charge in [-0.3, -0.25) is 4.99 Å². The van der Waals surface area contributed by atoms with E-state index in [9.17, 15) is 0 Å². The number of aliphatic imine (C=N–C) groups is 1. The standard InChI is InChI=1S/C24H22BrClN2O2/c25-20-3-10-24(30-17-18-1-4-21(26)5-2-18)19(15-20)16-27-22-6-8-23(9-7-22)28-11-13-29-14-12-28/h1-10,15-16H,11-14,17H2. The maximum absolute atomic E-state index is 6.03. The maximum Gasteiger partial charge on any atom is 0.128 e. The zero-order valence-electron chi connectivity index (χ0n) is 16.4. The van der Waals surface area contributed by atoms with Crippen molar-refractivity contribution >= 4 is 45.1 Å². The van der Waals surface area contributed by atoms with E-state index in [1.165, 1.54) is 5.69 Å². The second-order valence-corrected chi connectivity index (χ2v) is 8.32. The molecule has 0 atom stereocenters. The smallest absolute Gasteiger partial charge is 0.128 e. The van der Waals surface area contributed by atoms with E-state index < -0.39 is 0 Å². The number of hydrogen-bond donors (Lipinski definition) is 0. The fraction of sp³-hybridized carbons (Fsp3) is 0.208. The average Bonchev–Trinajstić information content (AvgIpc) is 2.79. The molecule has 0 amide bonds. The molecule has 3 aromatic rings. The third-order valence-corrected chi connectivity index (χ3v) is 5.60. The highest BCUT2D eigenvalue weighted by molar-refractivity contribution is 9.10. The number of hydrogen-bond acceptors (Lipinski definition) is 4. The number of anilines is 1. The van der Waals surface area contributed by atoms with Gasteiger partial charge in [-0.25, -0.2) is 0 Å². The quantitative estimate of drug-likeness (QED) is 0.386. The van der Waals surface area contributed by atoms with Crippen LogP contribution in [-0.2, 0) is 11.3 Å². The van der Waals surface area contributed by atoms with Crippen molar-refractivity contribution < 1.29 is 9.47 Å². The fourth-order valence-corrected chi connectivity index (χ4v) is 3.71. The monoisotopic (exact) mass is 484 g/mol. The Kier molecular flexibility index (Phi) is 7.05. The van der Waals surface area contributed by atoms with Crippen LogP contribution in [-0.4, -0.2) is 32.5 Å². The van der Waals surface area contributed by atoms with Crippen molar-refractivity contribution in [2.75, 3.05) is 31.2 Å². The Morgan fingerprint density at radius 1 is 1.00 bits per heavy atom. The molecule has 0 radical (unpaired) electrons. The predicted octanol–water partition coefficient (Wildman–Crippen LogP) is 6.27. The molecule has 4 nitrogen and oxygen atoms in total. The van der Waals surface area contributed by atoms with Gasteiger partial charge in [-0.1, -0.05) is 39.7 Å². The van der Waals surface area contributed by atoms with Crippen molar-refractivity contribution in [3.8, 4) is 5.75 Å². The van der Waals surface area contributed by atoms with Gasteiger partial charge in [0.15, 0.2) is 0 Å². The van der Waals surface area contributed by atoms with Crippen LogP contribution in [0.3, 0.4) is 0 Å². The van der Waals surface area contributed by atoms with Gasteiger partial charge < -0.3 is 14.4 Å². The predicted molar refractivity (Wildman–Crippen MR) is 127 cm³/mol. The summed E-state index contributed by atoms with van der Waals surface area (Å²) in [6.07, 6.45) is 1.84. The van der Waals surface area contributed by atoms with E-state index in [0.29, 0.717) is 6.61 Å². The molecule has 4 rings (SSSR count). The van der Waals surface area contributed by atoms with E-state index in [0.717, 1.165) is 58.4 Å². The topological polar surface area (TPSA) is 34.1 Å². The van der Waals surface area contributed by atoms with Crippen LogP contribution < -0.4 is 9.64 Å². The summed E-state index contributed by atoms with van der Waals surface area (Å²) in [5.74, 6) is 0.779. The maximum atomic E-state index is 6.03. The van der Waals surface area contributed by atoms with Crippen LogP contribution in [0.2, 0.25) is 5.02 Å². The van der Waals surface area contributed by atoms with Crippen molar-refractivity contribution in [2.24, 2.45) is 4.99 Å². The van der Waals surface area contributed by atoms with Gasteiger partial charge >= 0.3 is 0 Å². The van der Waals surface area contributed by atoms with Crippen LogP contribution in [0.5, 0.6) is 5.75 Å². The first-order chi connectivity index (χ1) is 14.7. The highest BCUT2D eigenvalue weighted by atomic mass is 79.9. The number of ether oxygens (including phenoxy) is 2. The Bertz CT molecular complexity index is 1000. The van der Waals surface area contributed by atoms with E-state index in [4.69, 9.17) is 21.1 Å². The molecule has 1 fully saturated rings. The lowest BCUT2D eigenvalue weighted by Gasteiger charge is -2.28. The molecule has 0 saturated carbocycles. The van der Waals surface area contributed by atoms with Crippen LogP contribution in [0.25, 0.3) is 0 Å². The van der Waals surface area contributed by atoms with Gasteiger partial charge in [-0.05, 0) is 60.2 Å². The minimum Gasteiger partial charge on any atom is -0.488 e. The molecule has 0 N–H and O–H groups in total. The molecule has 6 heteroatoms. The molecule has 3 aromatic carbocycles. The summed E-state index contributed by atoms with van der Waals surface area (Å²) in [7, 11) is 0. The number of rotatable bonds is 6. The number of benzene rings is 3. The molecular weight excluding hydrogens is 464 g/mol. The third-order valence-electron chi connectivity index (χ3n) is 4.86. The minimum atomic E-state index is 0.466. The average molecular weight is 486 g/mol. The lowest BCUT2D eigenvalue weighted by atomic mass is 10.2. The molecular formula is C24H22BrClN2O2. The van der Waals surface area contributed by atoms with Crippen LogP contribution in [0.1, 0.15) is 11.1 Å². The Morgan fingerprint density at radius 3 is 2.47 bits per heavy atom. The SMILES string of the molecule is Clc1ccc(COc2ccc(Br)cc2C=Nc2ccc(N3CCOCC3)cc2)cc1. The summed E-state index contributed by atoms with van der Waals surface area (Å²) < 4.78 is 12.4. The third kappa shape index (κ3) is 5.63. The Balaban J connectivity index is 1.45. The summed E-state index contributed by atoms with van der Waals surface area (Å²) in [4.78, 5) is 6.97. The fourth-order valence-electron chi connectivity index (χ4n) is 3.21. The lowest BCUT2D eigenvalue weighted by Crippen LogP contribution is -2.36. The highest BCUT2D eigenvalue weighted by Gasteiger charge is 2.10. The zero-order valence-corrected chi connectivity index (χ0v) is 18.8. The van der Waals surface area contributed by atoms with E-state index in [2.05, 4.69) is 38.0 Å². The zero-order chi connectivity index (χ0) is 20.8. The number of halogens is 2. The van der Waals surface area contributed by atoms with E-state index in [1.54, 1.807) is 0 Å². The number of morpholine rings is 1. The van der Waals surface area contributed by atoms with E-state index >= 15 is 0 Å². The molecule has 1 saturated heterocycles.